The minimum atomic E-state index is -1.05. The van der Waals surface area contributed by atoms with E-state index in [1.54, 1.807) is 18.2 Å². The second-order valence-corrected chi connectivity index (χ2v) is 7.88. The van der Waals surface area contributed by atoms with Crippen molar-refractivity contribution in [3.05, 3.63) is 29.3 Å². The highest BCUT2D eigenvalue weighted by Crippen LogP contribution is 2.29. The van der Waals surface area contributed by atoms with E-state index in [9.17, 15) is 19.5 Å². The highest BCUT2D eigenvalue weighted by atomic mass is 16.4. The van der Waals surface area contributed by atoms with Gasteiger partial charge in [-0.2, -0.15) is 0 Å². The molecule has 3 N–H and O–H groups in total. The van der Waals surface area contributed by atoms with Gasteiger partial charge in [0.2, 0.25) is 11.8 Å². The van der Waals surface area contributed by atoms with Gasteiger partial charge >= 0.3 is 5.97 Å². The topological polar surface area (TPSA) is 95.5 Å². The fraction of sp³-hybridized carbons (Fsp3) is 0.571. The largest absolute Gasteiger partial charge is 0.478 e. The summed E-state index contributed by atoms with van der Waals surface area (Å²) in [7, 11) is 0. The summed E-state index contributed by atoms with van der Waals surface area (Å²) in [6.07, 6.45) is 7.25. The number of carbonyl (C=O) groups excluding carboxylic acids is 2. The van der Waals surface area contributed by atoms with E-state index >= 15 is 0 Å². The fourth-order valence-corrected chi connectivity index (χ4v) is 4.19. The van der Waals surface area contributed by atoms with Crippen LogP contribution in [-0.4, -0.2) is 28.9 Å². The van der Waals surface area contributed by atoms with Crippen molar-refractivity contribution < 1.29 is 19.5 Å². The number of hydrogen-bond acceptors (Lipinski definition) is 3. The lowest BCUT2D eigenvalue weighted by molar-refractivity contribution is -0.125. The number of carboxylic acids is 1. The van der Waals surface area contributed by atoms with Gasteiger partial charge in [-0.1, -0.05) is 24.5 Å². The van der Waals surface area contributed by atoms with Gasteiger partial charge in [-0.25, -0.2) is 4.79 Å². The molecule has 0 unspecified atom stereocenters. The molecule has 0 saturated heterocycles. The molecule has 1 aromatic carbocycles. The summed E-state index contributed by atoms with van der Waals surface area (Å²) in [6.45, 7) is 1.82. The monoisotopic (exact) mass is 372 g/mol. The molecule has 27 heavy (non-hydrogen) atoms. The highest BCUT2D eigenvalue weighted by Gasteiger charge is 2.30. The second-order valence-electron chi connectivity index (χ2n) is 7.88. The molecule has 1 aromatic rings. The Morgan fingerprint density at radius 1 is 0.926 bits per heavy atom. The highest BCUT2D eigenvalue weighted by molar-refractivity contribution is 6.01. The quantitative estimate of drug-likeness (QED) is 0.737. The van der Waals surface area contributed by atoms with Crippen molar-refractivity contribution in [2.45, 2.75) is 64.3 Å². The lowest BCUT2D eigenvalue weighted by Gasteiger charge is -2.29. The number of amides is 2. The summed E-state index contributed by atoms with van der Waals surface area (Å²) in [6, 6.07) is 5.14. The van der Waals surface area contributed by atoms with Crippen molar-refractivity contribution in [3.63, 3.8) is 0 Å². The van der Waals surface area contributed by atoms with E-state index in [1.807, 2.05) is 6.92 Å². The first-order chi connectivity index (χ1) is 12.9. The molecule has 0 bridgehead atoms. The first-order valence-corrected chi connectivity index (χ1v) is 9.89. The van der Waals surface area contributed by atoms with Gasteiger partial charge in [-0.15, -0.1) is 0 Å². The molecule has 2 saturated carbocycles. The molecule has 0 radical (unpaired) electrons. The number of anilines is 1. The van der Waals surface area contributed by atoms with Crippen LogP contribution in [0.3, 0.4) is 0 Å². The van der Waals surface area contributed by atoms with Gasteiger partial charge in [-0.05, 0) is 57.6 Å². The van der Waals surface area contributed by atoms with Crippen LogP contribution >= 0.6 is 0 Å². The molecule has 6 heteroatoms. The average Bonchev–Trinajstić information content (AvgIpc) is 3.18. The standard InChI is InChI=1S/C21H28N2O4/c1-13-6-11-18(17(12-13)21(26)27)23-20(25)15-7-9-16(10-8-15)22-19(24)14-4-2-3-5-14/h6,11-12,14-16H,2-5,7-10H2,1H3,(H,22,24)(H,23,25)(H,26,27). The maximum absolute atomic E-state index is 12.6. The smallest absolute Gasteiger partial charge is 0.337 e. The van der Waals surface area contributed by atoms with Crippen LogP contribution < -0.4 is 10.6 Å². The second kappa shape index (κ2) is 8.55. The van der Waals surface area contributed by atoms with Crippen molar-refractivity contribution in [2.24, 2.45) is 11.8 Å². The van der Waals surface area contributed by atoms with Crippen LogP contribution in [0.1, 0.15) is 67.3 Å². The predicted molar refractivity (Wildman–Crippen MR) is 103 cm³/mol. The molecular weight excluding hydrogens is 344 g/mol. The van der Waals surface area contributed by atoms with Gasteiger partial charge in [-0.3, -0.25) is 9.59 Å². The van der Waals surface area contributed by atoms with Crippen LogP contribution in [0.15, 0.2) is 18.2 Å². The number of carboxylic acid groups (broad SMARTS) is 1. The fourth-order valence-electron chi connectivity index (χ4n) is 4.19. The van der Waals surface area contributed by atoms with Gasteiger partial charge in [0.05, 0.1) is 11.3 Å². The van der Waals surface area contributed by atoms with Crippen LogP contribution in [0.4, 0.5) is 5.69 Å². The Bertz CT molecular complexity index is 717. The number of nitrogens with one attached hydrogen (secondary N) is 2. The number of carbonyl (C=O) groups is 3. The maximum atomic E-state index is 12.6. The van der Waals surface area contributed by atoms with Crippen LogP contribution in [0.2, 0.25) is 0 Å². The third kappa shape index (κ3) is 4.87. The first-order valence-electron chi connectivity index (χ1n) is 9.89. The summed E-state index contributed by atoms with van der Waals surface area (Å²) in [4.78, 5) is 36.2. The molecular formula is C21H28N2O4. The van der Waals surface area contributed by atoms with E-state index in [2.05, 4.69) is 10.6 Å². The summed E-state index contributed by atoms with van der Waals surface area (Å²) < 4.78 is 0. The Balaban J connectivity index is 1.51. The predicted octanol–water partition coefficient (Wildman–Crippen LogP) is 3.50. The summed E-state index contributed by atoms with van der Waals surface area (Å²) >= 11 is 0. The normalized spacial score (nSPS) is 23.0. The Hall–Kier alpha value is -2.37. The van der Waals surface area contributed by atoms with Crippen molar-refractivity contribution in [2.75, 3.05) is 5.32 Å². The molecule has 2 aliphatic rings. The third-order valence-corrected chi connectivity index (χ3v) is 5.83. The Kier molecular flexibility index (Phi) is 6.14. The molecule has 0 atom stereocenters. The Morgan fingerprint density at radius 3 is 2.19 bits per heavy atom. The minimum Gasteiger partial charge on any atom is -0.478 e. The molecule has 146 valence electrons. The summed E-state index contributed by atoms with van der Waals surface area (Å²) in [5, 5.41) is 15.3. The molecule has 6 nitrogen and oxygen atoms in total. The van der Waals surface area contributed by atoms with Crippen molar-refractivity contribution >= 4 is 23.5 Å². The van der Waals surface area contributed by atoms with Gasteiger partial charge in [0.1, 0.15) is 0 Å². The molecule has 0 heterocycles. The van der Waals surface area contributed by atoms with Crippen LogP contribution in [-0.2, 0) is 9.59 Å². The third-order valence-electron chi connectivity index (χ3n) is 5.83. The van der Waals surface area contributed by atoms with Gasteiger partial charge < -0.3 is 15.7 Å². The number of hydrogen-bond donors (Lipinski definition) is 3. The number of aromatic carboxylic acids is 1. The van der Waals surface area contributed by atoms with E-state index in [0.29, 0.717) is 18.5 Å². The zero-order valence-electron chi connectivity index (χ0n) is 15.8. The molecule has 2 fully saturated rings. The van der Waals surface area contributed by atoms with E-state index in [0.717, 1.165) is 44.1 Å². The SMILES string of the molecule is Cc1ccc(NC(=O)C2CCC(NC(=O)C3CCCC3)CC2)c(C(=O)O)c1. The van der Waals surface area contributed by atoms with E-state index in [4.69, 9.17) is 0 Å². The van der Waals surface area contributed by atoms with Crippen molar-refractivity contribution in [1.82, 2.24) is 5.32 Å². The van der Waals surface area contributed by atoms with Crippen molar-refractivity contribution in [1.29, 1.82) is 0 Å². The van der Waals surface area contributed by atoms with E-state index in [1.165, 1.54) is 0 Å². The van der Waals surface area contributed by atoms with Gasteiger partial charge in [0.15, 0.2) is 0 Å². The van der Waals surface area contributed by atoms with Gasteiger partial charge in [0, 0.05) is 17.9 Å². The molecule has 2 aliphatic carbocycles. The van der Waals surface area contributed by atoms with E-state index < -0.39 is 5.97 Å². The number of rotatable bonds is 5. The number of aryl methyl sites for hydroxylation is 1. The molecule has 0 aliphatic heterocycles. The van der Waals surface area contributed by atoms with E-state index in [-0.39, 0.29) is 35.3 Å². The summed E-state index contributed by atoms with van der Waals surface area (Å²) in [5.41, 5.74) is 1.29. The molecule has 0 spiro atoms. The van der Waals surface area contributed by atoms with Gasteiger partial charge in [0.25, 0.3) is 0 Å². The average molecular weight is 372 g/mol. The van der Waals surface area contributed by atoms with Crippen LogP contribution in [0.25, 0.3) is 0 Å². The first kappa shape index (κ1) is 19.4. The zero-order chi connectivity index (χ0) is 19.4. The van der Waals surface area contributed by atoms with Crippen LogP contribution in [0, 0.1) is 18.8 Å². The molecule has 0 aromatic heterocycles. The Morgan fingerprint density at radius 2 is 1.56 bits per heavy atom. The lowest BCUT2D eigenvalue weighted by atomic mass is 9.85. The maximum Gasteiger partial charge on any atom is 0.337 e. The minimum absolute atomic E-state index is 0.112. The van der Waals surface area contributed by atoms with Crippen LogP contribution in [0.5, 0.6) is 0 Å². The molecule has 2 amide bonds. The lowest BCUT2D eigenvalue weighted by Crippen LogP contribution is -2.41. The zero-order valence-corrected chi connectivity index (χ0v) is 15.8. The molecule has 3 rings (SSSR count). The van der Waals surface area contributed by atoms with Crippen molar-refractivity contribution in [3.8, 4) is 0 Å². The number of benzene rings is 1. The summed E-state index contributed by atoms with van der Waals surface area (Å²) in [5.74, 6) is -0.991. The Labute approximate surface area is 159 Å².